The van der Waals surface area contributed by atoms with Gasteiger partial charge in [0.25, 0.3) is 0 Å². The number of carbonyl (C=O) groups is 1. The molecule has 2 heterocycles. The van der Waals surface area contributed by atoms with E-state index in [0.29, 0.717) is 31.7 Å². The number of aromatic nitrogens is 2. The van der Waals surface area contributed by atoms with Gasteiger partial charge in [-0.25, -0.2) is 13.8 Å². The number of H-pyrrole nitrogens is 1. The number of halogens is 2. The summed E-state index contributed by atoms with van der Waals surface area (Å²) >= 11 is 1.55. The van der Waals surface area contributed by atoms with E-state index in [9.17, 15) is 13.6 Å². The van der Waals surface area contributed by atoms with Crippen LogP contribution in [0.25, 0.3) is 11.0 Å². The Bertz CT molecular complexity index is 1000. The summed E-state index contributed by atoms with van der Waals surface area (Å²) in [5.74, 6) is 0.0309. The van der Waals surface area contributed by atoms with Crippen molar-refractivity contribution in [3.05, 3.63) is 59.9 Å². The van der Waals surface area contributed by atoms with Crippen LogP contribution in [0.1, 0.15) is 30.8 Å². The summed E-state index contributed by atoms with van der Waals surface area (Å²) in [7, 11) is 0. The van der Waals surface area contributed by atoms with E-state index in [1.807, 2.05) is 36.1 Å². The van der Waals surface area contributed by atoms with Crippen molar-refractivity contribution in [2.75, 3.05) is 18.8 Å². The predicted molar refractivity (Wildman–Crippen MR) is 114 cm³/mol. The molecular weight excluding hydrogens is 408 g/mol. The molecule has 3 aromatic rings. The van der Waals surface area contributed by atoms with Crippen molar-refractivity contribution in [3.8, 4) is 5.75 Å². The lowest BCUT2D eigenvalue weighted by Gasteiger charge is -2.32. The number of amides is 1. The molecule has 1 aromatic heterocycles. The van der Waals surface area contributed by atoms with Crippen LogP contribution in [0.5, 0.6) is 5.75 Å². The zero-order valence-electron chi connectivity index (χ0n) is 16.6. The number of thioether (sulfide) groups is 1. The van der Waals surface area contributed by atoms with Crippen LogP contribution in [0, 0.1) is 11.6 Å². The number of imidazole rings is 1. The first-order chi connectivity index (χ1) is 14.5. The van der Waals surface area contributed by atoms with Gasteiger partial charge in [0.15, 0.2) is 11.6 Å². The first kappa shape index (κ1) is 20.7. The van der Waals surface area contributed by atoms with Gasteiger partial charge in [-0.05, 0) is 31.2 Å². The lowest BCUT2D eigenvalue weighted by atomic mass is 10.1. The Morgan fingerprint density at radius 1 is 1.27 bits per heavy atom. The Balaban J connectivity index is 1.25. The van der Waals surface area contributed by atoms with Gasteiger partial charge in [0, 0.05) is 32.0 Å². The fourth-order valence-corrected chi connectivity index (χ4v) is 4.35. The summed E-state index contributed by atoms with van der Waals surface area (Å²) in [6.07, 6.45) is 1.05. The monoisotopic (exact) mass is 431 g/mol. The van der Waals surface area contributed by atoms with Gasteiger partial charge in [0.1, 0.15) is 17.7 Å². The molecule has 0 bridgehead atoms. The lowest BCUT2D eigenvalue weighted by molar-refractivity contribution is -0.130. The number of piperidine rings is 1. The number of carbonyl (C=O) groups excluding carboxylic acids is 1. The van der Waals surface area contributed by atoms with Crippen molar-refractivity contribution in [2.24, 2.45) is 0 Å². The van der Waals surface area contributed by atoms with E-state index in [1.165, 1.54) is 12.1 Å². The van der Waals surface area contributed by atoms with Crippen molar-refractivity contribution in [1.82, 2.24) is 14.9 Å². The molecule has 1 aliphatic rings. The average Bonchev–Trinajstić information content (AvgIpc) is 3.19. The van der Waals surface area contributed by atoms with Crippen LogP contribution in [0.15, 0.2) is 42.5 Å². The van der Waals surface area contributed by atoms with E-state index < -0.39 is 11.6 Å². The number of nitrogens with one attached hydrogen (secondary N) is 1. The zero-order chi connectivity index (χ0) is 21.1. The number of aromatic amines is 1. The van der Waals surface area contributed by atoms with Crippen molar-refractivity contribution in [1.29, 1.82) is 0 Å². The highest BCUT2D eigenvalue weighted by Crippen LogP contribution is 2.28. The highest BCUT2D eigenvalue weighted by molar-refractivity contribution is 8.00. The fourth-order valence-electron chi connectivity index (χ4n) is 3.50. The largest absolute Gasteiger partial charge is 0.487 e. The Labute approximate surface area is 177 Å². The number of hydrogen-bond donors (Lipinski definition) is 1. The van der Waals surface area contributed by atoms with Crippen LogP contribution < -0.4 is 4.74 Å². The second kappa shape index (κ2) is 9.04. The molecule has 4 rings (SSSR count). The first-order valence-electron chi connectivity index (χ1n) is 9.95. The average molecular weight is 432 g/mol. The second-order valence-corrected chi connectivity index (χ2v) is 8.69. The Hall–Kier alpha value is -2.61. The third-order valence-electron chi connectivity index (χ3n) is 5.23. The molecule has 0 saturated carbocycles. The molecule has 5 nitrogen and oxygen atoms in total. The fraction of sp³-hybridized carbons (Fsp3) is 0.364. The third kappa shape index (κ3) is 4.75. The van der Waals surface area contributed by atoms with Crippen LogP contribution in [0.2, 0.25) is 0 Å². The summed E-state index contributed by atoms with van der Waals surface area (Å²) in [4.78, 5) is 22.3. The Kier molecular flexibility index (Phi) is 6.22. The van der Waals surface area contributed by atoms with E-state index in [1.54, 1.807) is 11.8 Å². The Morgan fingerprint density at radius 3 is 2.77 bits per heavy atom. The number of hydrogen-bond acceptors (Lipinski definition) is 4. The molecule has 8 heteroatoms. The molecule has 0 spiro atoms. The number of rotatable bonds is 6. The van der Waals surface area contributed by atoms with Crippen molar-refractivity contribution >= 4 is 28.7 Å². The number of likely N-dealkylation sites (tertiary alicyclic amines) is 1. The topological polar surface area (TPSA) is 58.2 Å². The minimum absolute atomic E-state index is 0.0522. The van der Waals surface area contributed by atoms with E-state index >= 15 is 0 Å². The number of benzene rings is 2. The SMILES string of the molecule is CC(SCC(=O)N1CCC(Oc2ccc(F)cc2F)CC1)c1nc2ccccc2[nH]1. The maximum Gasteiger partial charge on any atom is 0.232 e. The van der Waals surface area contributed by atoms with Gasteiger partial charge >= 0.3 is 0 Å². The number of fused-ring (bicyclic) bond motifs is 1. The smallest absolute Gasteiger partial charge is 0.232 e. The van der Waals surface area contributed by atoms with E-state index in [0.717, 1.165) is 22.9 Å². The molecule has 0 aliphatic carbocycles. The molecule has 1 N–H and O–H groups in total. The lowest BCUT2D eigenvalue weighted by Crippen LogP contribution is -2.42. The molecule has 1 unspecified atom stereocenters. The molecular formula is C22H23F2N3O2S. The standard InChI is InChI=1S/C22H23F2N3O2S/c1-14(22-25-18-4-2-3-5-19(18)26-22)30-13-21(28)27-10-8-16(9-11-27)29-20-7-6-15(23)12-17(20)24/h2-7,12,14,16H,8-11,13H2,1H3,(H,25,26). The minimum Gasteiger partial charge on any atom is -0.487 e. The summed E-state index contributed by atoms with van der Waals surface area (Å²) in [6, 6.07) is 11.2. The second-order valence-electron chi connectivity index (χ2n) is 7.37. The third-order valence-corrected chi connectivity index (χ3v) is 6.37. The molecule has 1 saturated heterocycles. The van der Waals surface area contributed by atoms with Crippen LogP contribution in [-0.4, -0.2) is 45.7 Å². The van der Waals surface area contributed by atoms with Crippen molar-refractivity contribution in [2.45, 2.75) is 31.1 Å². The van der Waals surface area contributed by atoms with Gasteiger partial charge in [-0.1, -0.05) is 12.1 Å². The van der Waals surface area contributed by atoms with Crippen LogP contribution in [0.3, 0.4) is 0 Å². The van der Waals surface area contributed by atoms with Crippen LogP contribution in [-0.2, 0) is 4.79 Å². The van der Waals surface area contributed by atoms with Gasteiger partial charge in [-0.3, -0.25) is 4.79 Å². The molecule has 2 aromatic carbocycles. The molecule has 0 radical (unpaired) electrons. The maximum atomic E-state index is 13.8. The molecule has 158 valence electrons. The normalized spacial score (nSPS) is 16.0. The summed E-state index contributed by atoms with van der Waals surface area (Å²) in [5, 5.41) is 0.0728. The number of para-hydroxylation sites is 2. The molecule has 1 amide bonds. The highest BCUT2D eigenvalue weighted by Gasteiger charge is 2.25. The molecule has 1 fully saturated rings. The minimum atomic E-state index is -0.704. The van der Waals surface area contributed by atoms with E-state index in [2.05, 4.69) is 9.97 Å². The summed E-state index contributed by atoms with van der Waals surface area (Å²) in [6.45, 7) is 3.16. The zero-order valence-corrected chi connectivity index (χ0v) is 17.4. The van der Waals surface area contributed by atoms with Gasteiger partial charge in [0.2, 0.25) is 5.91 Å². The maximum absolute atomic E-state index is 13.8. The van der Waals surface area contributed by atoms with E-state index in [4.69, 9.17) is 4.74 Å². The summed E-state index contributed by atoms with van der Waals surface area (Å²) in [5.41, 5.74) is 1.91. The number of ether oxygens (including phenoxy) is 1. The predicted octanol–water partition coefficient (Wildman–Crippen LogP) is 4.71. The van der Waals surface area contributed by atoms with Crippen molar-refractivity contribution < 1.29 is 18.3 Å². The molecule has 1 aliphatic heterocycles. The van der Waals surface area contributed by atoms with Crippen molar-refractivity contribution in [3.63, 3.8) is 0 Å². The highest BCUT2D eigenvalue weighted by atomic mass is 32.2. The first-order valence-corrected chi connectivity index (χ1v) is 11.0. The molecule has 1 atom stereocenters. The van der Waals surface area contributed by atoms with Crippen LogP contribution >= 0.6 is 11.8 Å². The van der Waals surface area contributed by atoms with Crippen LogP contribution in [0.4, 0.5) is 8.78 Å². The van der Waals surface area contributed by atoms with Gasteiger partial charge < -0.3 is 14.6 Å². The Morgan fingerprint density at radius 2 is 2.03 bits per heavy atom. The quantitative estimate of drug-likeness (QED) is 0.614. The van der Waals surface area contributed by atoms with Gasteiger partial charge in [0.05, 0.1) is 22.0 Å². The summed E-state index contributed by atoms with van der Waals surface area (Å²) < 4.78 is 32.4. The number of nitrogens with zero attached hydrogens (tertiary/aromatic N) is 2. The molecule has 30 heavy (non-hydrogen) atoms. The van der Waals surface area contributed by atoms with Gasteiger partial charge in [-0.15, -0.1) is 11.8 Å². The van der Waals surface area contributed by atoms with Gasteiger partial charge in [-0.2, -0.15) is 0 Å². The van der Waals surface area contributed by atoms with E-state index in [-0.39, 0.29) is 23.0 Å².